The molecule has 4 heteroatoms. The third-order valence-electron chi connectivity index (χ3n) is 11.0. The Labute approximate surface area is 347 Å². The van der Waals surface area contributed by atoms with E-state index in [0.29, 0.717) is 5.41 Å². The van der Waals surface area contributed by atoms with E-state index in [1.807, 2.05) is 58.3 Å². The molecule has 1 saturated carbocycles. The van der Waals surface area contributed by atoms with Gasteiger partial charge in [0.15, 0.2) is 0 Å². The summed E-state index contributed by atoms with van der Waals surface area (Å²) in [6.45, 7) is 45.0. The number of allylic oxidation sites excluding steroid dienone is 6. The van der Waals surface area contributed by atoms with Gasteiger partial charge in [-0.25, -0.2) is 0 Å². The number of carbonyl (C=O) groups excluding carboxylic acids is 1. The molecular formula is C52H87N3O. The van der Waals surface area contributed by atoms with Crippen LogP contribution in [0.1, 0.15) is 185 Å². The predicted octanol–water partition coefficient (Wildman–Crippen LogP) is 15.4. The van der Waals surface area contributed by atoms with Crippen molar-refractivity contribution in [2.24, 2.45) is 34.1 Å². The number of dihydropyridines is 1. The predicted molar refractivity (Wildman–Crippen MR) is 252 cm³/mol. The third-order valence-corrected chi connectivity index (χ3v) is 11.0. The molecular weight excluding hydrogens is 683 g/mol. The first-order chi connectivity index (χ1) is 26.1. The third kappa shape index (κ3) is 19.6. The molecule has 56 heavy (non-hydrogen) atoms. The van der Waals surface area contributed by atoms with Crippen molar-refractivity contribution in [3.63, 3.8) is 0 Å². The number of nitrogens with one attached hydrogen (secondary N) is 2. The second kappa shape index (κ2) is 26.5. The Hall–Kier alpha value is -3.40. The topological polar surface area (TPSA) is 53.5 Å². The Morgan fingerprint density at radius 1 is 1.02 bits per heavy atom. The highest BCUT2D eigenvalue weighted by Crippen LogP contribution is 2.35. The fraction of sp³-hybridized carbons (Fsp3) is 0.615. The number of ketones is 1. The van der Waals surface area contributed by atoms with E-state index in [1.165, 1.54) is 44.9 Å². The molecule has 4 nitrogen and oxygen atoms in total. The highest BCUT2D eigenvalue weighted by atomic mass is 16.1. The van der Waals surface area contributed by atoms with Crippen molar-refractivity contribution in [2.45, 2.75) is 181 Å². The molecule has 2 N–H and O–H groups in total. The summed E-state index contributed by atoms with van der Waals surface area (Å²) < 4.78 is 0. The van der Waals surface area contributed by atoms with Crippen LogP contribution in [0.2, 0.25) is 0 Å². The van der Waals surface area contributed by atoms with Gasteiger partial charge >= 0.3 is 0 Å². The lowest BCUT2D eigenvalue weighted by Gasteiger charge is -2.31. The maximum absolute atomic E-state index is 13.0. The molecule has 1 atom stereocenters. The summed E-state index contributed by atoms with van der Waals surface area (Å²) in [5, 5.41) is 6.56. The number of hydrogen-bond acceptors (Lipinski definition) is 4. The molecule has 0 bridgehead atoms. The van der Waals surface area contributed by atoms with Gasteiger partial charge in [0.1, 0.15) is 5.78 Å². The van der Waals surface area contributed by atoms with E-state index in [4.69, 9.17) is 4.99 Å². The number of unbranched alkanes of at least 4 members (excludes halogenated alkanes) is 1. The minimum absolute atomic E-state index is 0.0389. The fourth-order valence-electron chi connectivity index (χ4n) is 6.45. The number of Topliss-reactive ketones (excluding diaryl/α,β-unsaturated/α-hetero) is 1. The van der Waals surface area contributed by atoms with E-state index in [-0.39, 0.29) is 11.7 Å². The Kier molecular flexibility index (Phi) is 24.9. The molecule has 0 radical (unpaired) electrons. The van der Waals surface area contributed by atoms with Crippen LogP contribution in [0.3, 0.4) is 0 Å². The van der Waals surface area contributed by atoms with Crippen LogP contribution >= 0.6 is 0 Å². The van der Waals surface area contributed by atoms with Crippen LogP contribution in [-0.2, 0) is 10.2 Å². The Bertz CT molecular complexity index is 1520. The number of aryl methyl sites for hydroxylation is 1. The molecule has 1 aromatic carbocycles. The molecule has 3 rings (SSSR count). The molecule has 1 unspecified atom stereocenters. The van der Waals surface area contributed by atoms with Gasteiger partial charge in [-0.15, -0.1) is 0 Å². The first kappa shape index (κ1) is 52.6. The quantitative estimate of drug-likeness (QED) is 0.130. The van der Waals surface area contributed by atoms with Crippen LogP contribution in [0.5, 0.6) is 0 Å². The SMILES string of the molecule is C=C1C=CC(N/C(C)=C(C)/C(=C\C(=C)c2ccc(C(C)(C)C(=O)C(C)CC)c(C)c2)N=CCC)=CN1.CC(C)C.CCC1CC(C)C1.CCCCC(C)(C)CC. The van der Waals surface area contributed by atoms with Crippen LogP contribution in [0.15, 0.2) is 89.1 Å². The monoisotopic (exact) mass is 770 g/mol. The average molecular weight is 770 g/mol. The summed E-state index contributed by atoms with van der Waals surface area (Å²) in [5.41, 5.74) is 8.84. The van der Waals surface area contributed by atoms with Crippen LogP contribution in [0.25, 0.3) is 5.57 Å². The van der Waals surface area contributed by atoms with E-state index in [0.717, 1.165) is 81.2 Å². The standard InChI is InChI=1S/C32H43N3O.C9H20.C7H14.C4H10/c1-11-17-33-30(25(7)26(8)35-28-15-13-24(6)34-20-28)19-22(4)27-14-16-29(23(5)18-27)32(9,10)31(36)21(3)12-2;1-5-7-8-9(3,4)6-2;1-3-7-4-6(2)5-7;1-4(2)3/h13-21,34-35H,4,6,11-12H2,1-3,5,7-10H3;5-8H2,1-4H3;6-7H,3-5H2,1-2H3;4H,1-3H3/b26-25+,30-19+,33-17?;;;. The highest BCUT2D eigenvalue weighted by Gasteiger charge is 2.33. The van der Waals surface area contributed by atoms with Gasteiger partial charge in [-0.05, 0) is 136 Å². The fourth-order valence-corrected chi connectivity index (χ4v) is 6.45. The highest BCUT2D eigenvalue weighted by molar-refractivity contribution is 5.91. The van der Waals surface area contributed by atoms with Crippen LogP contribution in [-0.4, -0.2) is 12.0 Å². The van der Waals surface area contributed by atoms with Crippen molar-refractivity contribution in [3.05, 3.63) is 101 Å². The Balaban J connectivity index is 0.00000122. The lowest BCUT2D eigenvalue weighted by Crippen LogP contribution is -2.34. The van der Waals surface area contributed by atoms with E-state index >= 15 is 0 Å². The lowest BCUT2D eigenvalue weighted by molar-refractivity contribution is -0.127. The summed E-state index contributed by atoms with van der Waals surface area (Å²) in [4.78, 5) is 17.8. The summed E-state index contributed by atoms with van der Waals surface area (Å²) in [7, 11) is 0. The van der Waals surface area contributed by atoms with Crippen LogP contribution in [0.4, 0.5) is 0 Å². The number of rotatable bonds is 16. The minimum atomic E-state index is -0.530. The van der Waals surface area contributed by atoms with Crippen molar-refractivity contribution in [1.82, 2.24) is 10.6 Å². The zero-order chi connectivity index (χ0) is 43.2. The van der Waals surface area contributed by atoms with Gasteiger partial charge in [0.25, 0.3) is 0 Å². The first-order valence-electron chi connectivity index (χ1n) is 22.0. The molecule has 316 valence electrons. The summed E-state index contributed by atoms with van der Waals surface area (Å²) >= 11 is 0. The molecule has 0 spiro atoms. The van der Waals surface area contributed by atoms with Gasteiger partial charge < -0.3 is 10.6 Å². The Morgan fingerprint density at radius 2 is 1.62 bits per heavy atom. The summed E-state index contributed by atoms with van der Waals surface area (Å²) in [6, 6.07) is 6.27. The largest absolute Gasteiger partial charge is 0.360 e. The first-order valence-corrected chi connectivity index (χ1v) is 22.0. The number of nitrogens with zero attached hydrogens (tertiary/aromatic N) is 1. The summed E-state index contributed by atoms with van der Waals surface area (Å²) in [6.07, 6.45) is 21.3. The molecule has 1 heterocycles. The maximum Gasteiger partial charge on any atom is 0.145 e. The van der Waals surface area contributed by atoms with Crippen molar-refractivity contribution in [1.29, 1.82) is 0 Å². The van der Waals surface area contributed by atoms with Gasteiger partial charge in [-0.2, -0.15) is 0 Å². The molecule has 0 aromatic heterocycles. The zero-order valence-electron chi connectivity index (χ0n) is 39.6. The Morgan fingerprint density at radius 3 is 2.05 bits per heavy atom. The number of benzene rings is 1. The van der Waals surface area contributed by atoms with Gasteiger partial charge in [0, 0.05) is 35.1 Å². The summed E-state index contributed by atoms with van der Waals surface area (Å²) in [5.74, 6) is 3.29. The van der Waals surface area contributed by atoms with Gasteiger partial charge in [-0.3, -0.25) is 9.79 Å². The maximum atomic E-state index is 13.0. The van der Waals surface area contributed by atoms with Crippen molar-refractivity contribution in [3.8, 4) is 0 Å². The van der Waals surface area contributed by atoms with E-state index in [2.05, 4.69) is 132 Å². The molecule has 0 amide bonds. The molecule has 0 saturated heterocycles. The molecule has 1 fully saturated rings. The van der Waals surface area contributed by atoms with E-state index < -0.39 is 5.41 Å². The number of aliphatic imine (C=N–C) groups is 1. The second-order valence-corrected chi connectivity index (χ2v) is 18.3. The average Bonchev–Trinajstić information content (AvgIpc) is 3.14. The smallest absolute Gasteiger partial charge is 0.145 e. The molecule has 2 aliphatic rings. The molecule has 1 aromatic rings. The van der Waals surface area contributed by atoms with Gasteiger partial charge in [0.2, 0.25) is 0 Å². The van der Waals surface area contributed by atoms with E-state index in [1.54, 1.807) is 0 Å². The second-order valence-electron chi connectivity index (χ2n) is 18.3. The van der Waals surface area contributed by atoms with Crippen LogP contribution < -0.4 is 10.6 Å². The lowest BCUT2D eigenvalue weighted by atomic mass is 9.73. The van der Waals surface area contributed by atoms with Gasteiger partial charge in [0.05, 0.1) is 11.4 Å². The minimum Gasteiger partial charge on any atom is -0.360 e. The zero-order valence-corrected chi connectivity index (χ0v) is 39.6. The molecule has 1 aliphatic heterocycles. The van der Waals surface area contributed by atoms with Crippen molar-refractivity contribution >= 4 is 17.6 Å². The van der Waals surface area contributed by atoms with E-state index in [9.17, 15) is 4.79 Å². The van der Waals surface area contributed by atoms with Crippen LogP contribution in [0, 0.1) is 36.0 Å². The van der Waals surface area contributed by atoms with Crippen molar-refractivity contribution < 1.29 is 4.79 Å². The van der Waals surface area contributed by atoms with Crippen molar-refractivity contribution in [2.75, 3.05) is 0 Å². The number of hydrogen-bond donors (Lipinski definition) is 2. The number of carbonyl (C=O) groups is 1. The molecule has 1 aliphatic carbocycles. The normalized spacial score (nSPS) is 17.8. The van der Waals surface area contributed by atoms with Gasteiger partial charge in [-0.1, -0.05) is 140 Å².